The van der Waals surface area contributed by atoms with Crippen molar-refractivity contribution >= 4 is 5.91 Å². The summed E-state index contributed by atoms with van der Waals surface area (Å²) in [5, 5.41) is 9.30. The Morgan fingerprint density at radius 2 is 1.75 bits per heavy atom. The second kappa shape index (κ2) is 9.07. The average molecular weight is 381 g/mol. The normalized spacial score (nSPS) is 25.0. The first-order valence-electron chi connectivity index (χ1n) is 11.0. The zero-order valence-corrected chi connectivity index (χ0v) is 16.9. The van der Waals surface area contributed by atoms with Gasteiger partial charge < -0.3 is 4.90 Å². The average Bonchev–Trinajstić information content (AvgIpc) is 3.29. The molecule has 0 radical (unpaired) electrons. The Bertz CT molecular complexity index is 714. The first kappa shape index (κ1) is 19.4. The minimum Gasteiger partial charge on any atom is -0.342 e. The number of hydrogen-bond acceptors (Lipinski definition) is 4. The van der Waals surface area contributed by atoms with E-state index in [9.17, 15) is 10.1 Å². The second-order valence-electron chi connectivity index (χ2n) is 8.64. The summed E-state index contributed by atoms with van der Waals surface area (Å²) in [5.41, 5.74) is 1.93. The van der Waals surface area contributed by atoms with Crippen molar-refractivity contribution in [1.29, 1.82) is 5.26 Å². The minimum atomic E-state index is 0.215. The molecule has 0 spiro atoms. The Morgan fingerprint density at radius 1 is 1.00 bits per heavy atom. The van der Waals surface area contributed by atoms with Crippen molar-refractivity contribution in [1.82, 2.24) is 14.7 Å². The summed E-state index contributed by atoms with van der Waals surface area (Å²) in [6.45, 7) is 7.06. The number of benzene rings is 1. The third kappa shape index (κ3) is 4.39. The Kier molecular flexibility index (Phi) is 6.29. The molecule has 1 aromatic carbocycles. The molecule has 0 N–H and O–H groups in total. The van der Waals surface area contributed by atoms with Crippen molar-refractivity contribution in [2.75, 3.05) is 39.3 Å². The van der Waals surface area contributed by atoms with Gasteiger partial charge in [0.25, 0.3) is 0 Å². The number of nitrogens with zero attached hydrogens (tertiary/aromatic N) is 4. The first-order chi connectivity index (χ1) is 13.7. The van der Waals surface area contributed by atoms with Gasteiger partial charge >= 0.3 is 0 Å². The quantitative estimate of drug-likeness (QED) is 0.806. The van der Waals surface area contributed by atoms with Crippen LogP contribution < -0.4 is 0 Å². The molecular formula is C23H32N4O. The molecule has 0 saturated carbocycles. The van der Waals surface area contributed by atoms with Crippen LogP contribution in [0, 0.1) is 17.2 Å². The van der Waals surface area contributed by atoms with E-state index < -0.39 is 0 Å². The second-order valence-corrected chi connectivity index (χ2v) is 8.64. The number of carbonyl (C=O) groups is 1. The summed E-state index contributed by atoms with van der Waals surface area (Å²) in [7, 11) is 0. The predicted octanol–water partition coefficient (Wildman–Crippen LogP) is 2.86. The van der Waals surface area contributed by atoms with E-state index in [1.165, 1.54) is 25.7 Å². The fourth-order valence-electron chi connectivity index (χ4n) is 5.19. The zero-order chi connectivity index (χ0) is 19.3. The van der Waals surface area contributed by atoms with Crippen molar-refractivity contribution < 1.29 is 4.79 Å². The third-order valence-electron chi connectivity index (χ3n) is 6.83. The van der Waals surface area contributed by atoms with Crippen LogP contribution in [0.25, 0.3) is 0 Å². The van der Waals surface area contributed by atoms with Crippen molar-refractivity contribution in [2.45, 2.75) is 51.1 Å². The summed E-state index contributed by atoms with van der Waals surface area (Å²) in [6.07, 6.45) is 6.90. The topological polar surface area (TPSA) is 50.6 Å². The van der Waals surface area contributed by atoms with E-state index in [0.717, 1.165) is 69.8 Å². The van der Waals surface area contributed by atoms with Crippen LogP contribution in [0.3, 0.4) is 0 Å². The monoisotopic (exact) mass is 380 g/mol. The van der Waals surface area contributed by atoms with Crippen molar-refractivity contribution in [2.24, 2.45) is 5.92 Å². The molecule has 5 nitrogen and oxygen atoms in total. The number of amides is 1. The zero-order valence-electron chi connectivity index (χ0n) is 16.9. The van der Waals surface area contributed by atoms with Crippen LogP contribution >= 0.6 is 0 Å². The molecule has 28 heavy (non-hydrogen) atoms. The molecule has 3 fully saturated rings. The van der Waals surface area contributed by atoms with Gasteiger partial charge in [-0.15, -0.1) is 0 Å². The van der Waals surface area contributed by atoms with E-state index in [1.807, 2.05) is 18.2 Å². The number of piperidine rings is 2. The summed E-state index contributed by atoms with van der Waals surface area (Å²) >= 11 is 0. The molecule has 3 heterocycles. The van der Waals surface area contributed by atoms with Crippen LogP contribution in [0.15, 0.2) is 24.3 Å². The van der Waals surface area contributed by atoms with E-state index in [2.05, 4.69) is 26.8 Å². The number of hydrogen-bond donors (Lipinski definition) is 0. The summed E-state index contributed by atoms with van der Waals surface area (Å²) in [4.78, 5) is 20.0. The Morgan fingerprint density at radius 3 is 2.50 bits per heavy atom. The number of rotatable bonds is 4. The summed E-state index contributed by atoms with van der Waals surface area (Å²) < 4.78 is 0. The maximum Gasteiger partial charge on any atom is 0.226 e. The molecular weight excluding hydrogens is 348 g/mol. The molecule has 1 unspecified atom stereocenters. The van der Waals surface area contributed by atoms with Gasteiger partial charge in [0.15, 0.2) is 0 Å². The molecule has 3 aliphatic rings. The third-order valence-corrected chi connectivity index (χ3v) is 6.83. The van der Waals surface area contributed by atoms with E-state index in [4.69, 9.17) is 0 Å². The predicted molar refractivity (Wildman–Crippen MR) is 110 cm³/mol. The van der Waals surface area contributed by atoms with Gasteiger partial charge in [-0.1, -0.05) is 18.2 Å². The highest BCUT2D eigenvalue weighted by Gasteiger charge is 2.34. The van der Waals surface area contributed by atoms with Crippen molar-refractivity contribution in [3.05, 3.63) is 35.4 Å². The highest BCUT2D eigenvalue weighted by Crippen LogP contribution is 2.26. The Balaban J connectivity index is 1.28. The molecule has 1 amide bonds. The largest absolute Gasteiger partial charge is 0.342 e. The van der Waals surface area contributed by atoms with Crippen LogP contribution in [0.5, 0.6) is 0 Å². The number of carbonyl (C=O) groups excluding carboxylic acids is 1. The van der Waals surface area contributed by atoms with E-state index in [-0.39, 0.29) is 5.92 Å². The lowest BCUT2D eigenvalue weighted by Crippen LogP contribution is -2.51. The maximum atomic E-state index is 12.8. The summed E-state index contributed by atoms with van der Waals surface area (Å²) in [6, 6.07) is 10.9. The molecule has 0 aromatic heterocycles. The van der Waals surface area contributed by atoms with E-state index in [0.29, 0.717) is 11.9 Å². The molecule has 0 bridgehead atoms. The molecule has 0 aliphatic carbocycles. The lowest BCUT2D eigenvalue weighted by Gasteiger charge is -2.42. The van der Waals surface area contributed by atoms with E-state index >= 15 is 0 Å². The Labute approximate surface area is 168 Å². The van der Waals surface area contributed by atoms with Gasteiger partial charge in [-0.25, -0.2) is 0 Å². The standard InChI is InChI=1S/C23H32N4O/c24-16-19-6-1-2-7-20(19)17-25-14-9-22(10-15-25)27-13-5-8-21(18-27)23(28)26-11-3-4-12-26/h1-2,6-7,21-22H,3-5,8-15,17-18H2. The molecule has 1 aromatic rings. The smallest absolute Gasteiger partial charge is 0.226 e. The first-order valence-corrected chi connectivity index (χ1v) is 11.0. The maximum absolute atomic E-state index is 12.8. The van der Waals surface area contributed by atoms with Gasteiger partial charge in [-0.2, -0.15) is 5.26 Å². The van der Waals surface area contributed by atoms with Crippen LogP contribution in [-0.4, -0.2) is 65.9 Å². The van der Waals surface area contributed by atoms with Gasteiger partial charge in [0.05, 0.1) is 17.6 Å². The van der Waals surface area contributed by atoms with Crippen LogP contribution in [-0.2, 0) is 11.3 Å². The highest BCUT2D eigenvalue weighted by molar-refractivity contribution is 5.79. The lowest BCUT2D eigenvalue weighted by atomic mass is 9.92. The molecule has 1 atom stereocenters. The SMILES string of the molecule is N#Cc1ccccc1CN1CCC(N2CCCC(C(=O)N3CCCC3)C2)CC1. The molecule has 150 valence electrons. The van der Waals surface area contributed by atoms with Gasteiger partial charge in [-0.3, -0.25) is 14.6 Å². The van der Waals surface area contributed by atoms with Crippen molar-refractivity contribution in [3.8, 4) is 6.07 Å². The van der Waals surface area contributed by atoms with Crippen LogP contribution in [0.2, 0.25) is 0 Å². The van der Waals surface area contributed by atoms with Crippen LogP contribution in [0.1, 0.15) is 49.7 Å². The van der Waals surface area contributed by atoms with Gasteiger partial charge in [-0.05, 0) is 69.8 Å². The fraction of sp³-hybridized carbons (Fsp3) is 0.652. The van der Waals surface area contributed by atoms with Gasteiger partial charge in [0, 0.05) is 32.2 Å². The molecule has 5 heteroatoms. The number of nitriles is 1. The molecule has 3 saturated heterocycles. The molecule has 3 aliphatic heterocycles. The molecule has 4 rings (SSSR count). The summed E-state index contributed by atoms with van der Waals surface area (Å²) in [5.74, 6) is 0.625. The highest BCUT2D eigenvalue weighted by atomic mass is 16.2. The van der Waals surface area contributed by atoms with Crippen molar-refractivity contribution in [3.63, 3.8) is 0 Å². The van der Waals surface area contributed by atoms with Gasteiger partial charge in [0.2, 0.25) is 5.91 Å². The Hall–Kier alpha value is -1.90. The fourth-order valence-corrected chi connectivity index (χ4v) is 5.19. The minimum absolute atomic E-state index is 0.215. The van der Waals surface area contributed by atoms with E-state index in [1.54, 1.807) is 0 Å². The van der Waals surface area contributed by atoms with Gasteiger partial charge in [0.1, 0.15) is 0 Å². The van der Waals surface area contributed by atoms with Crippen LogP contribution in [0.4, 0.5) is 0 Å². The lowest BCUT2D eigenvalue weighted by molar-refractivity contribution is -0.136. The number of likely N-dealkylation sites (tertiary alicyclic amines) is 3.